The van der Waals surface area contributed by atoms with Gasteiger partial charge in [-0.2, -0.15) is 0 Å². The van der Waals surface area contributed by atoms with Gasteiger partial charge < -0.3 is 24.2 Å². The van der Waals surface area contributed by atoms with E-state index in [0.29, 0.717) is 24.8 Å². The van der Waals surface area contributed by atoms with E-state index in [4.69, 9.17) is 14.2 Å². The van der Waals surface area contributed by atoms with Crippen molar-refractivity contribution in [2.45, 2.75) is 59.0 Å². The van der Waals surface area contributed by atoms with Crippen molar-refractivity contribution in [3.8, 4) is 11.5 Å². The van der Waals surface area contributed by atoms with Crippen LogP contribution in [0.15, 0.2) is 48.5 Å². The molecule has 8 heteroatoms. The molecule has 0 saturated carbocycles. The molecule has 0 spiro atoms. The first-order valence-electron chi connectivity index (χ1n) is 12.6. The van der Waals surface area contributed by atoms with Crippen molar-refractivity contribution in [1.29, 1.82) is 0 Å². The van der Waals surface area contributed by atoms with Gasteiger partial charge in [-0.3, -0.25) is 0 Å². The SMILES string of the molecule is CCCC(CCC)CN(CCOc1ccc(CC(OCC)C(=O)O)cc1)C(=O)Oc1ccccc1F. The highest BCUT2D eigenvalue weighted by molar-refractivity contribution is 5.72. The van der Waals surface area contributed by atoms with Crippen LogP contribution in [-0.2, 0) is 16.0 Å². The Morgan fingerprint density at radius 3 is 2.25 bits per heavy atom. The largest absolute Gasteiger partial charge is 0.492 e. The Kier molecular flexibility index (Phi) is 12.8. The Bertz CT molecular complexity index is 930. The number of halogens is 1. The maximum atomic E-state index is 14.0. The highest BCUT2D eigenvalue weighted by Crippen LogP contribution is 2.20. The average Bonchev–Trinajstić information content (AvgIpc) is 2.85. The number of carboxylic acid groups (broad SMARTS) is 1. The fourth-order valence-corrected chi connectivity index (χ4v) is 4.03. The van der Waals surface area contributed by atoms with Gasteiger partial charge in [0.2, 0.25) is 0 Å². The lowest BCUT2D eigenvalue weighted by molar-refractivity contribution is -0.149. The molecule has 2 aromatic carbocycles. The van der Waals surface area contributed by atoms with Crippen LogP contribution in [0.2, 0.25) is 0 Å². The van der Waals surface area contributed by atoms with Crippen LogP contribution in [0.25, 0.3) is 0 Å². The minimum atomic E-state index is -0.996. The first-order chi connectivity index (χ1) is 17.4. The summed E-state index contributed by atoms with van der Waals surface area (Å²) < 4.78 is 30.5. The molecule has 0 aromatic heterocycles. The zero-order chi connectivity index (χ0) is 26.3. The van der Waals surface area contributed by atoms with Crippen molar-refractivity contribution in [3.63, 3.8) is 0 Å². The summed E-state index contributed by atoms with van der Waals surface area (Å²) in [6.07, 6.45) is 2.75. The maximum absolute atomic E-state index is 14.0. The van der Waals surface area contributed by atoms with Crippen molar-refractivity contribution in [2.75, 3.05) is 26.3 Å². The van der Waals surface area contributed by atoms with Crippen LogP contribution >= 0.6 is 0 Å². The molecule has 7 nitrogen and oxygen atoms in total. The molecular formula is C28H38FNO6. The third-order valence-corrected chi connectivity index (χ3v) is 5.78. The molecule has 0 fully saturated rings. The van der Waals surface area contributed by atoms with Crippen molar-refractivity contribution in [1.82, 2.24) is 4.90 Å². The van der Waals surface area contributed by atoms with Gasteiger partial charge in [0.05, 0.1) is 6.54 Å². The van der Waals surface area contributed by atoms with E-state index in [1.54, 1.807) is 48.2 Å². The lowest BCUT2D eigenvalue weighted by Crippen LogP contribution is -2.40. The second kappa shape index (κ2) is 15.8. The molecule has 2 rings (SSSR count). The molecule has 0 saturated heterocycles. The van der Waals surface area contributed by atoms with Gasteiger partial charge in [-0.25, -0.2) is 14.0 Å². The molecule has 36 heavy (non-hydrogen) atoms. The van der Waals surface area contributed by atoms with Crippen LogP contribution in [-0.4, -0.2) is 54.5 Å². The number of ether oxygens (including phenoxy) is 3. The van der Waals surface area contributed by atoms with Gasteiger partial charge in [0, 0.05) is 19.6 Å². The highest BCUT2D eigenvalue weighted by Gasteiger charge is 2.22. The summed E-state index contributed by atoms with van der Waals surface area (Å²) in [5.41, 5.74) is 0.820. The average molecular weight is 504 g/mol. The number of carboxylic acids is 1. The number of benzene rings is 2. The number of rotatable bonds is 16. The fraction of sp³-hybridized carbons (Fsp3) is 0.500. The van der Waals surface area contributed by atoms with Gasteiger partial charge in [-0.15, -0.1) is 0 Å². The minimum absolute atomic E-state index is 0.0988. The Labute approximate surface area is 213 Å². The molecule has 2 aromatic rings. The summed E-state index contributed by atoms with van der Waals surface area (Å²) in [5, 5.41) is 9.26. The number of carbonyl (C=O) groups is 2. The lowest BCUT2D eigenvalue weighted by atomic mass is 9.98. The van der Waals surface area contributed by atoms with E-state index in [2.05, 4.69) is 13.8 Å². The van der Waals surface area contributed by atoms with Gasteiger partial charge >= 0.3 is 12.1 Å². The first kappa shape index (κ1) is 29.1. The normalized spacial score (nSPS) is 11.8. The number of para-hydroxylation sites is 1. The van der Waals surface area contributed by atoms with E-state index in [1.165, 1.54) is 12.1 Å². The number of carbonyl (C=O) groups excluding carboxylic acids is 1. The molecule has 1 atom stereocenters. The van der Waals surface area contributed by atoms with Crippen molar-refractivity contribution < 1.29 is 33.3 Å². The second-order valence-corrected chi connectivity index (χ2v) is 8.67. The van der Waals surface area contributed by atoms with Crippen LogP contribution < -0.4 is 9.47 Å². The van der Waals surface area contributed by atoms with Gasteiger partial charge in [0.1, 0.15) is 12.4 Å². The van der Waals surface area contributed by atoms with Crippen LogP contribution in [0, 0.1) is 11.7 Å². The molecule has 1 amide bonds. The Hall–Kier alpha value is -3.13. The van der Waals surface area contributed by atoms with Crippen LogP contribution in [0.5, 0.6) is 11.5 Å². The van der Waals surface area contributed by atoms with E-state index in [9.17, 15) is 19.1 Å². The monoisotopic (exact) mass is 503 g/mol. The van der Waals surface area contributed by atoms with Crippen LogP contribution in [0.1, 0.15) is 52.0 Å². The third-order valence-electron chi connectivity index (χ3n) is 5.78. The number of amides is 1. The molecule has 0 aliphatic heterocycles. The van der Waals surface area contributed by atoms with E-state index in [0.717, 1.165) is 31.2 Å². The predicted octanol–water partition coefficient (Wildman–Crippen LogP) is 5.95. The number of aliphatic carboxylic acids is 1. The highest BCUT2D eigenvalue weighted by atomic mass is 19.1. The van der Waals surface area contributed by atoms with Gasteiger partial charge in [-0.1, -0.05) is 51.0 Å². The molecule has 0 radical (unpaired) electrons. The van der Waals surface area contributed by atoms with Gasteiger partial charge in [0.25, 0.3) is 0 Å². The molecule has 0 aliphatic rings. The molecule has 0 aliphatic carbocycles. The smallest absolute Gasteiger partial charge is 0.415 e. The summed E-state index contributed by atoms with van der Waals surface area (Å²) in [4.78, 5) is 25.8. The summed E-state index contributed by atoms with van der Waals surface area (Å²) in [5.74, 6) is -0.763. The summed E-state index contributed by atoms with van der Waals surface area (Å²) in [7, 11) is 0. The van der Waals surface area contributed by atoms with Crippen LogP contribution in [0.3, 0.4) is 0 Å². The van der Waals surface area contributed by atoms with Crippen molar-refractivity contribution >= 4 is 12.1 Å². The fourth-order valence-electron chi connectivity index (χ4n) is 4.03. The van der Waals surface area contributed by atoms with E-state index in [-0.39, 0.29) is 25.3 Å². The standard InChI is InChI=1S/C28H38FNO6/c1-4-9-22(10-5-2)20-30(28(33)36-25-12-8-7-11-24(25)29)17-18-35-23-15-13-21(14-16-23)19-26(27(31)32)34-6-3/h7-8,11-16,22,26H,4-6,9-10,17-20H2,1-3H3,(H,31,32). The van der Waals surface area contributed by atoms with E-state index >= 15 is 0 Å². The topological polar surface area (TPSA) is 85.3 Å². The molecule has 1 N–H and O–H groups in total. The van der Waals surface area contributed by atoms with E-state index in [1.807, 2.05) is 0 Å². The molecule has 0 bridgehead atoms. The number of hydrogen-bond donors (Lipinski definition) is 1. The quantitative estimate of drug-likeness (QED) is 0.305. The third kappa shape index (κ3) is 9.85. The van der Waals surface area contributed by atoms with Crippen molar-refractivity contribution in [3.05, 3.63) is 59.9 Å². The molecule has 0 heterocycles. The second-order valence-electron chi connectivity index (χ2n) is 8.67. The van der Waals surface area contributed by atoms with E-state index < -0.39 is 24.0 Å². The Morgan fingerprint density at radius 1 is 1.00 bits per heavy atom. The van der Waals surface area contributed by atoms with Gasteiger partial charge in [0.15, 0.2) is 17.7 Å². The minimum Gasteiger partial charge on any atom is -0.492 e. The zero-order valence-corrected chi connectivity index (χ0v) is 21.5. The Balaban J connectivity index is 2.00. The lowest BCUT2D eigenvalue weighted by Gasteiger charge is -2.27. The zero-order valence-electron chi connectivity index (χ0n) is 21.5. The predicted molar refractivity (Wildman–Crippen MR) is 136 cm³/mol. The number of nitrogens with zero attached hydrogens (tertiary/aromatic N) is 1. The van der Waals surface area contributed by atoms with Gasteiger partial charge in [-0.05, 0) is 55.5 Å². The maximum Gasteiger partial charge on any atom is 0.415 e. The summed E-state index contributed by atoms with van der Waals surface area (Å²) in [6.45, 7) is 7.33. The summed E-state index contributed by atoms with van der Waals surface area (Å²) in [6, 6.07) is 13.0. The molecule has 198 valence electrons. The first-order valence-corrected chi connectivity index (χ1v) is 12.6. The van der Waals surface area contributed by atoms with Crippen LogP contribution in [0.4, 0.5) is 9.18 Å². The Morgan fingerprint density at radius 2 is 1.67 bits per heavy atom. The molecule has 1 unspecified atom stereocenters. The van der Waals surface area contributed by atoms with Crippen molar-refractivity contribution in [2.24, 2.45) is 5.92 Å². The number of hydrogen-bond acceptors (Lipinski definition) is 5. The summed E-state index contributed by atoms with van der Waals surface area (Å²) >= 11 is 0. The molecular weight excluding hydrogens is 465 g/mol.